The van der Waals surface area contributed by atoms with Crippen LogP contribution in [0.1, 0.15) is 24.9 Å². The van der Waals surface area contributed by atoms with Crippen molar-refractivity contribution in [1.82, 2.24) is 4.98 Å². The van der Waals surface area contributed by atoms with Crippen molar-refractivity contribution in [1.29, 1.82) is 0 Å². The zero-order valence-corrected chi connectivity index (χ0v) is 11.6. The number of pyridine rings is 1. The van der Waals surface area contributed by atoms with Crippen LogP contribution in [0.3, 0.4) is 0 Å². The van der Waals surface area contributed by atoms with Crippen molar-refractivity contribution in [3.8, 4) is 0 Å². The summed E-state index contributed by atoms with van der Waals surface area (Å²) in [5.41, 5.74) is 3.49. The molecule has 0 bridgehead atoms. The van der Waals surface area contributed by atoms with Crippen molar-refractivity contribution in [2.24, 2.45) is 0 Å². The maximum absolute atomic E-state index is 4.35. The predicted molar refractivity (Wildman–Crippen MR) is 84.8 cm³/mol. The lowest BCUT2D eigenvalue weighted by Crippen LogP contribution is -2.09. The Kier molecular flexibility index (Phi) is 3.64. The van der Waals surface area contributed by atoms with Crippen LogP contribution < -0.4 is 5.32 Å². The summed E-state index contributed by atoms with van der Waals surface area (Å²) in [5, 5.41) is 4.78. The van der Waals surface area contributed by atoms with Gasteiger partial charge in [0.25, 0.3) is 0 Å². The number of benzene rings is 2. The van der Waals surface area contributed by atoms with Gasteiger partial charge in [-0.05, 0) is 36.2 Å². The van der Waals surface area contributed by atoms with E-state index < -0.39 is 0 Å². The third-order valence-corrected chi connectivity index (χ3v) is 3.55. The fourth-order valence-corrected chi connectivity index (χ4v) is 2.47. The Bertz CT molecular complexity index is 692. The number of fused-ring (bicyclic) bond motifs is 1. The second-order valence-corrected chi connectivity index (χ2v) is 4.93. The third kappa shape index (κ3) is 2.64. The van der Waals surface area contributed by atoms with Gasteiger partial charge in [-0.3, -0.25) is 4.98 Å². The molecule has 0 fully saturated rings. The molecule has 20 heavy (non-hydrogen) atoms. The molecular formula is C18H18N2. The first-order valence-corrected chi connectivity index (χ1v) is 7.03. The Labute approximate surface area is 119 Å². The van der Waals surface area contributed by atoms with E-state index in [0.29, 0.717) is 6.04 Å². The van der Waals surface area contributed by atoms with E-state index in [1.807, 2.05) is 12.3 Å². The van der Waals surface area contributed by atoms with E-state index in [2.05, 4.69) is 71.8 Å². The van der Waals surface area contributed by atoms with Gasteiger partial charge in [0, 0.05) is 17.3 Å². The molecule has 0 saturated heterocycles. The molecule has 0 radical (unpaired) electrons. The maximum Gasteiger partial charge on any atom is 0.0703 e. The molecule has 2 aromatic carbocycles. The normalized spacial score (nSPS) is 12.2. The first-order valence-electron chi connectivity index (χ1n) is 7.03. The molecule has 2 nitrogen and oxygen atoms in total. The van der Waals surface area contributed by atoms with Gasteiger partial charge in [-0.15, -0.1) is 0 Å². The maximum atomic E-state index is 4.35. The van der Waals surface area contributed by atoms with Crippen molar-refractivity contribution in [3.05, 3.63) is 72.4 Å². The van der Waals surface area contributed by atoms with Crippen LogP contribution in [0.25, 0.3) is 10.9 Å². The van der Waals surface area contributed by atoms with E-state index in [-0.39, 0.29) is 0 Å². The fraction of sp³-hybridized carbons (Fsp3) is 0.167. The van der Waals surface area contributed by atoms with Gasteiger partial charge in [-0.1, -0.05) is 43.3 Å². The van der Waals surface area contributed by atoms with Crippen LogP contribution in [-0.2, 0) is 0 Å². The van der Waals surface area contributed by atoms with Crippen molar-refractivity contribution in [2.75, 3.05) is 5.32 Å². The summed E-state index contributed by atoms with van der Waals surface area (Å²) in [4.78, 5) is 4.35. The lowest BCUT2D eigenvalue weighted by atomic mass is 10.0. The SMILES string of the molecule is CCC(Nc1ccc2ncccc2c1)c1ccccc1. The Balaban J connectivity index is 1.87. The minimum absolute atomic E-state index is 0.338. The molecule has 1 unspecified atom stereocenters. The average Bonchev–Trinajstić information content (AvgIpc) is 2.53. The molecule has 3 aromatic rings. The van der Waals surface area contributed by atoms with Crippen LogP contribution >= 0.6 is 0 Å². The Morgan fingerprint density at radius 2 is 1.85 bits per heavy atom. The van der Waals surface area contributed by atoms with Crippen LogP contribution in [-0.4, -0.2) is 4.98 Å². The van der Waals surface area contributed by atoms with Crippen molar-refractivity contribution in [2.45, 2.75) is 19.4 Å². The van der Waals surface area contributed by atoms with Gasteiger partial charge in [0.05, 0.1) is 11.6 Å². The van der Waals surface area contributed by atoms with Crippen LogP contribution in [0, 0.1) is 0 Å². The first kappa shape index (κ1) is 12.7. The Morgan fingerprint density at radius 1 is 1.00 bits per heavy atom. The Hall–Kier alpha value is -2.35. The average molecular weight is 262 g/mol. The highest BCUT2D eigenvalue weighted by atomic mass is 14.9. The summed E-state index contributed by atoms with van der Waals surface area (Å²) < 4.78 is 0. The zero-order valence-electron chi connectivity index (χ0n) is 11.6. The second kappa shape index (κ2) is 5.74. The van der Waals surface area contributed by atoms with Crippen LogP contribution in [0.15, 0.2) is 66.9 Å². The predicted octanol–water partition coefficient (Wildman–Crippen LogP) is 4.80. The number of hydrogen-bond acceptors (Lipinski definition) is 2. The Morgan fingerprint density at radius 3 is 2.65 bits per heavy atom. The zero-order chi connectivity index (χ0) is 13.8. The third-order valence-electron chi connectivity index (χ3n) is 3.55. The molecule has 100 valence electrons. The van der Waals surface area contributed by atoms with Gasteiger partial charge in [-0.25, -0.2) is 0 Å². The van der Waals surface area contributed by atoms with E-state index in [4.69, 9.17) is 0 Å². The molecule has 1 atom stereocenters. The van der Waals surface area contributed by atoms with Gasteiger partial charge < -0.3 is 5.32 Å². The lowest BCUT2D eigenvalue weighted by Gasteiger charge is -2.19. The number of nitrogens with zero attached hydrogens (tertiary/aromatic N) is 1. The van der Waals surface area contributed by atoms with Crippen molar-refractivity contribution in [3.63, 3.8) is 0 Å². The van der Waals surface area contributed by atoms with E-state index in [1.165, 1.54) is 10.9 Å². The van der Waals surface area contributed by atoms with E-state index >= 15 is 0 Å². The molecular weight excluding hydrogens is 244 g/mol. The monoisotopic (exact) mass is 262 g/mol. The molecule has 2 heteroatoms. The summed E-state index contributed by atoms with van der Waals surface area (Å²) in [6, 6.07) is 21.3. The van der Waals surface area contributed by atoms with Gasteiger partial charge in [-0.2, -0.15) is 0 Å². The molecule has 0 saturated carbocycles. The van der Waals surface area contributed by atoms with Crippen LogP contribution in [0.4, 0.5) is 5.69 Å². The molecule has 0 aliphatic heterocycles. The largest absolute Gasteiger partial charge is 0.378 e. The molecule has 1 N–H and O–H groups in total. The standard InChI is InChI=1S/C18H18N2/c1-2-17(14-7-4-3-5-8-14)20-16-10-11-18-15(13-16)9-6-12-19-18/h3-13,17,20H,2H2,1H3. The highest BCUT2D eigenvalue weighted by molar-refractivity contribution is 5.82. The van der Waals surface area contributed by atoms with Gasteiger partial charge in [0.15, 0.2) is 0 Å². The van der Waals surface area contributed by atoms with Gasteiger partial charge in [0.2, 0.25) is 0 Å². The summed E-state index contributed by atoms with van der Waals surface area (Å²) >= 11 is 0. The van der Waals surface area contributed by atoms with E-state index in [0.717, 1.165) is 17.6 Å². The van der Waals surface area contributed by atoms with E-state index in [9.17, 15) is 0 Å². The van der Waals surface area contributed by atoms with Crippen molar-refractivity contribution < 1.29 is 0 Å². The van der Waals surface area contributed by atoms with E-state index in [1.54, 1.807) is 0 Å². The summed E-state index contributed by atoms with van der Waals surface area (Å²) in [6.45, 7) is 2.20. The number of nitrogens with one attached hydrogen (secondary N) is 1. The quantitative estimate of drug-likeness (QED) is 0.730. The lowest BCUT2D eigenvalue weighted by molar-refractivity contribution is 0.749. The molecule has 1 heterocycles. The smallest absolute Gasteiger partial charge is 0.0703 e. The van der Waals surface area contributed by atoms with Crippen LogP contribution in [0.5, 0.6) is 0 Å². The highest BCUT2D eigenvalue weighted by Gasteiger charge is 2.08. The van der Waals surface area contributed by atoms with Crippen LogP contribution in [0.2, 0.25) is 0 Å². The highest BCUT2D eigenvalue weighted by Crippen LogP contribution is 2.24. The molecule has 0 amide bonds. The van der Waals surface area contributed by atoms with Gasteiger partial charge >= 0.3 is 0 Å². The number of rotatable bonds is 4. The second-order valence-electron chi connectivity index (χ2n) is 4.93. The van der Waals surface area contributed by atoms with Gasteiger partial charge in [0.1, 0.15) is 0 Å². The molecule has 0 aliphatic carbocycles. The molecule has 1 aromatic heterocycles. The minimum Gasteiger partial charge on any atom is -0.378 e. The fourth-order valence-electron chi connectivity index (χ4n) is 2.47. The number of hydrogen-bond donors (Lipinski definition) is 1. The molecule has 3 rings (SSSR count). The molecule has 0 aliphatic rings. The van der Waals surface area contributed by atoms with Crippen molar-refractivity contribution >= 4 is 16.6 Å². The number of anilines is 1. The first-order chi connectivity index (χ1) is 9.86. The summed E-state index contributed by atoms with van der Waals surface area (Å²) in [7, 11) is 0. The summed E-state index contributed by atoms with van der Waals surface area (Å²) in [6.07, 6.45) is 2.88. The minimum atomic E-state index is 0.338. The topological polar surface area (TPSA) is 24.9 Å². The molecule has 0 spiro atoms. The summed E-state index contributed by atoms with van der Waals surface area (Å²) in [5.74, 6) is 0. The number of aromatic nitrogens is 1.